The SMILES string of the molecule is Cc1cc(C)c(NCc2sccc2C)c(C)c1. The molecule has 0 aliphatic heterocycles. The minimum Gasteiger partial charge on any atom is -0.380 e. The Balaban J connectivity index is 2.17. The van der Waals surface area contributed by atoms with Crippen molar-refractivity contribution in [2.45, 2.75) is 34.2 Å². The van der Waals surface area contributed by atoms with E-state index in [1.807, 2.05) is 11.3 Å². The van der Waals surface area contributed by atoms with Gasteiger partial charge in [-0.1, -0.05) is 17.7 Å². The van der Waals surface area contributed by atoms with Crippen LogP contribution in [-0.4, -0.2) is 0 Å². The molecule has 2 rings (SSSR count). The molecule has 0 bridgehead atoms. The molecular weight excluding hydrogens is 226 g/mol. The van der Waals surface area contributed by atoms with Crippen molar-refractivity contribution in [1.29, 1.82) is 0 Å². The molecule has 0 radical (unpaired) electrons. The largest absolute Gasteiger partial charge is 0.380 e. The molecule has 1 aromatic carbocycles. The van der Waals surface area contributed by atoms with E-state index in [9.17, 15) is 0 Å². The van der Waals surface area contributed by atoms with E-state index in [-0.39, 0.29) is 0 Å². The van der Waals surface area contributed by atoms with E-state index >= 15 is 0 Å². The molecule has 0 aliphatic rings. The lowest BCUT2D eigenvalue weighted by atomic mass is 10.1. The number of hydrogen-bond donors (Lipinski definition) is 1. The monoisotopic (exact) mass is 245 g/mol. The summed E-state index contributed by atoms with van der Waals surface area (Å²) in [6, 6.07) is 6.64. The zero-order chi connectivity index (χ0) is 12.4. The molecule has 0 saturated heterocycles. The second-order valence-corrected chi connectivity index (χ2v) is 5.65. The molecular formula is C15H19NS. The first-order valence-corrected chi connectivity index (χ1v) is 6.80. The number of hydrogen-bond acceptors (Lipinski definition) is 2. The van der Waals surface area contributed by atoms with Crippen molar-refractivity contribution < 1.29 is 0 Å². The summed E-state index contributed by atoms with van der Waals surface area (Å²) in [5.74, 6) is 0. The first-order chi connectivity index (χ1) is 8.08. The summed E-state index contributed by atoms with van der Waals surface area (Å²) in [6.07, 6.45) is 0. The molecule has 0 spiro atoms. The van der Waals surface area contributed by atoms with Gasteiger partial charge in [0.05, 0.1) is 0 Å². The van der Waals surface area contributed by atoms with Gasteiger partial charge in [0, 0.05) is 17.1 Å². The van der Waals surface area contributed by atoms with Crippen LogP contribution < -0.4 is 5.32 Å². The van der Waals surface area contributed by atoms with Crippen LogP contribution in [-0.2, 0) is 6.54 Å². The molecule has 90 valence electrons. The Labute approximate surface area is 108 Å². The molecule has 0 aliphatic carbocycles. The summed E-state index contributed by atoms with van der Waals surface area (Å²) >= 11 is 1.82. The summed E-state index contributed by atoms with van der Waals surface area (Å²) in [5.41, 5.74) is 6.65. The van der Waals surface area contributed by atoms with Crippen LogP contribution in [0.1, 0.15) is 27.1 Å². The fourth-order valence-electron chi connectivity index (χ4n) is 2.21. The number of anilines is 1. The van der Waals surface area contributed by atoms with Gasteiger partial charge in [-0.05, 0) is 55.8 Å². The summed E-state index contributed by atoms with van der Waals surface area (Å²) in [4.78, 5) is 1.42. The Morgan fingerprint density at radius 3 is 2.18 bits per heavy atom. The molecule has 0 amide bonds. The van der Waals surface area contributed by atoms with Crippen molar-refractivity contribution in [3.05, 3.63) is 50.7 Å². The van der Waals surface area contributed by atoms with Crippen LogP contribution in [0.3, 0.4) is 0 Å². The second-order valence-electron chi connectivity index (χ2n) is 4.65. The summed E-state index contributed by atoms with van der Waals surface area (Å²) in [7, 11) is 0. The van der Waals surface area contributed by atoms with E-state index in [4.69, 9.17) is 0 Å². The van der Waals surface area contributed by atoms with Gasteiger partial charge in [0.1, 0.15) is 0 Å². The number of benzene rings is 1. The minimum absolute atomic E-state index is 0.925. The Hall–Kier alpha value is -1.28. The highest BCUT2D eigenvalue weighted by atomic mass is 32.1. The van der Waals surface area contributed by atoms with Crippen LogP contribution in [0.4, 0.5) is 5.69 Å². The summed E-state index contributed by atoms with van der Waals surface area (Å²) in [5, 5.41) is 5.72. The first kappa shape index (κ1) is 12.2. The van der Waals surface area contributed by atoms with Crippen molar-refractivity contribution in [3.63, 3.8) is 0 Å². The molecule has 0 atom stereocenters. The molecule has 0 unspecified atom stereocenters. The highest BCUT2D eigenvalue weighted by molar-refractivity contribution is 7.10. The maximum absolute atomic E-state index is 3.56. The van der Waals surface area contributed by atoms with Gasteiger partial charge in [-0.2, -0.15) is 0 Å². The van der Waals surface area contributed by atoms with Gasteiger partial charge in [-0.25, -0.2) is 0 Å². The van der Waals surface area contributed by atoms with Crippen molar-refractivity contribution in [2.24, 2.45) is 0 Å². The molecule has 1 nitrogen and oxygen atoms in total. The van der Waals surface area contributed by atoms with E-state index in [1.165, 1.54) is 32.8 Å². The molecule has 17 heavy (non-hydrogen) atoms. The van der Waals surface area contributed by atoms with E-state index in [0.717, 1.165) is 6.54 Å². The predicted octanol–water partition coefficient (Wildman–Crippen LogP) is 4.59. The predicted molar refractivity (Wildman–Crippen MR) is 77.0 cm³/mol. The Morgan fingerprint density at radius 1 is 1.00 bits per heavy atom. The van der Waals surface area contributed by atoms with Crippen molar-refractivity contribution in [2.75, 3.05) is 5.32 Å². The van der Waals surface area contributed by atoms with E-state index < -0.39 is 0 Å². The Bertz CT molecular complexity index is 502. The summed E-state index contributed by atoms with van der Waals surface area (Å²) < 4.78 is 0. The fraction of sp³-hybridized carbons (Fsp3) is 0.333. The smallest absolute Gasteiger partial charge is 0.0497 e. The highest BCUT2D eigenvalue weighted by Crippen LogP contribution is 2.24. The zero-order valence-corrected chi connectivity index (χ0v) is 11.7. The third-order valence-electron chi connectivity index (χ3n) is 3.07. The van der Waals surface area contributed by atoms with Gasteiger partial charge in [0.25, 0.3) is 0 Å². The van der Waals surface area contributed by atoms with Gasteiger partial charge in [0.2, 0.25) is 0 Å². The van der Waals surface area contributed by atoms with Crippen LogP contribution in [0.2, 0.25) is 0 Å². The maximum atomic E-state index is 3.56. The van der Waals surface area contributed by atoms with Gasteiger partial charge in [-0.15, -0.1) is 11.3 Å². The molecule has 0 saturated carbocycles. The number of rotatable bonds is 3. The summed E-state index contributed by atoms with van der Waals surface area (Å²) in [6.45, 7) is 9.58. The second kappa shape index (κ2) is 4.92. The molecule has 0 fully saturated rings. The lowest BCUT2D eigenvalue weighted by Crippen LogP contribution is -2.02. The lowest BCUT2D eigenvalue weighted by molar-refractivity contribution is 1.14. The highest BCUT2D eigenvalue weighted by Gasteiger charge is 2.05. The molecule has 2 aromatic rings. The number of nitrogens with one attached hydrogen (secondary N) is 1. The van der Waals surface area contributed by atoms with Gasteiger partial charge in [-0.3, -0.25) is 0 Å². The molecule has 1 heterocycles. The van der Waals surface area contributed by atoms with Crippen LogP contribution in [0.5, 0.6) is 0 Å². The fourth-order valence-corrected chi connectivity index (χ4v) is 3.06. The zero-order valence-electron chi connectivity index (χ0n) is 10.9. The van der Waals surface area contributed by atoms with E-state index in [0.29, 0.717) is 0 Å². The molecule has 1 N–H and O–H groups in total. The number of aryl methyl sites for hydroxylation is 4. The average molecular weight is 245 g/mol. The lowest BCUT2D eigenvalue weighted by Gasteiger charge is -2.13. The van der Waals surface area contributed by atoms with Gasteiger partial charge < -0.3 is 5.32 Å². The van der Waals surface area contributed by atoms with E-state index in [1.54, 1.807) is 0 Å². The molecule has 2 heteroatoms. The molecule has 1 aromatic heterocycles. The normalized spacial score (nSPS) is 10.6. The van der Waals surface area contributed by atoms with Crippen LogP contribution in [0.15, 0.2) is 23.6 Å². The van der Waals surface area contributed by atoms with Crippen LogP contribution in [0, 0.1) is 27.7 Å². The van der Waals surface area contributed by atoms with Gasteiger partial charge >= 0.3 is 0 Å². The topological polar surface area (TPSA) is 12.0 Å². The van der Waals surface area contributed by atoms with Crippen molar-refractivity contribution in [3.8, 4) is 0 Å². The average Bonchev–Trinajstić information content (AvgIpc) is 2.62. The van der Waals surface area contributed by atoms with E-state index in [2.05, 4.69) is 56.6 Å². The van der Waals surface area contributed by atoms with Gasteiger partial charge in [0.15, 0.2) is 0 Å². The third kappa shape index (κ3) is 2.70. The first-order valence-electron chi connectivity index (χ1n) is 5.92. The minimum atomic E-state index is 0.925. The standard InChI is InChI=1S/C15H19NS/c1-10-7-12(3)15(13(4)8-10)16-9-14-11(2)5-6-17-14/h5-8,16H,9H2,1-4H3. The van der Waals surface area contributed by atoms with Crippen LogP contribution >= 0.6 is 11.3 Å². The van der Waals surface area contributed by atoms with Crippen LogP contribution in [0.25, 0.3) is 0 Å². The quantitative estimate of drug-likeness (QED) is 0.833. The third-order valence-corrected chi connectivity index (χ3v) is 4.09. The van der Waals surface area contributed by atoms with Crippen molar-refractivity contribution in [1.82, 2.24) is 0 Å². The maximum Gasteiger partial charge on any atom is 0.0497 e. The van der Waals surface area contributed by atoms with Crippen molar-refractivity contribution >= 4 is 17.0 Å². The Morgan fingerprint density at radius 2 is 1.65 bits per heavy atom. The Kier molecular flexibility index (Phi) is 3.53. The number of thiophene rings is 1.